The number of hydrogen-bond acceptors (Lipinski definition) is 3. The minimum Gasteiger partial charge on any atom is -0.481 e. The number of carboxylic acid groups (broad SMARTS) is 1. The van der Waals surface area contributed by atoms with Crippen LogP contribution in [0.1, 0.15) is 32.1 Å². The van der Waals surface area contributed by atoms with Gasteiger partial charge in [0.25, 0.3) is 0 Å². The molecule has 5 heteroatoms. The van der Waals surface area contributed by atoms with Crippen molar-refractivity contribution >= 4 is 11.9 Å². The number of carboxylic acids is 1. The molecule has 0 aromatic carbocycles. The Morgan fingerprint density at radius 1 is 1.29 bits per heavy atom. The van der Waals surface area contributed by atoms with Crippen molar-refractivity contribution < 1.29 is 14.7 Å². The van der Waals surface area contributed by atoms with Gasteiger partial charge < -0.3 is 15.7 Å². The summed E-state index contributed by atoms with van der Waals surface area (Å²) in [5.41, 5.74) is 5.81. The summed E-state index contributed by atoms with van der Waals surface area (Å²) in [6.45, 7) is 1.32. The molecule has 3 N–H and O–H groups in total. The number of nitrogens with two attached hydrogens (primary N) is 1. The summed E-state index contributed by atoms with van der Waals surface area (Å²) in [6, 6.07) is 0.168. The van der Waals surface area contributed by atoms with Crippen LogP contribution in [-0.2, 0) is 9.59 Å². The van der Waals surface area contributed by atoms with Crippen LogP contribution in [0.25, 0.3) is 0 Å². The number of rotatable bonds is 3. The maximum atomic E-state index is 12.1. The Balaban J connectivity index is 1.83. The van der Waals surface area contributed by atoms with E-state index in [1.54, 1.807) is 0 Å². The zero-order valence-corrected chi connectivity index (χ0v) is 9.97. The van der Waals surface area contributed by atoms with Gasteiger partial charge in [0.2, 0.25) is 5.91 Å². The molecule has 1 aliphatic heterocycles. The van der Waals surface area contributed by atoms with Gasteiger partial charge in [-0.25, -0.2) is 0 Å². The Morgan fingerprint density at radius 3 is 2.65 bits per heavy atom. The molecule has 0 aromatic rings. The van der Waals surface area contributed by atoms with Gasteiger partial charge in [-0.05, 0) is 31.6 Å². The van der Waals surface area contributed by atoms with E-state index in [4.69, 9.17) is 10.8 Å². The molecule has 0 aromatic heterocycles. The van der Waals surface area contributed by atoms with Crippen LogP contribution in [-0.4, -0.2) is 41.0 Å². The van der Waals surface area contributed by atoms with Crippen molar-refractivity contribution in [2.45, 2.75) is 38.1 Å². The Labute approximate surface area is 101 Å². The second-order valence-corrected chi connectivity index (χ2v) is 5.31. The average Bonchev–Trinajstić information content (AvgIpc) is 2.85. The maximum absolute atomic E-state index is 12.1. The van der Waals surface area contributed by atoms with E-state index in [9.17, 15) is 9.59 Å². The van der Waals surface area contributed by atoms with Gasteiger partial charge in [0, 0.05) is 31.5 Å². The molecule has 17 heavy (non-hydrogen) atoms. The van der Waals surface area contributed by atoms with Crippen molar-refractivity contribution in [1.29, 1.82) is 0 Å². The summed E-state index contributed by atoms with van der Waals surface area (Å²) in [4.78, 5) is 24.6. The summed E-state index contributed by atoms with van der Waals surface area (Å²) >= 11 is 0. The van der Waals surface area contributed by atoms with E-state index in [1.165, 1.54) is 0 Å². The van der Waals surface area contributed by atoms with Gasteiger partial charge in [0.05, 0.1) is 0 Å². The van der Waals surface area contributed by atoms with Gasteiger partial charge in [-0.3, -0.25) is 9.59 Å². The first-order valence-corrected chi connectivity index (χ1v) is 6.32. The van der Waals surface area contributed by atoms with Crippen LogP contribution in [0.2, 0.25) is 0 Å². The lowest BCUT2D eigenvalue weighted by atomic mass is 10.1. The fourth-order valence-electron chi connectivity index (χ4n) is 2.95. The lowest BCUT2D eigenvalue weighted by Gasteiger charge is -2.20. The lowest BCUT2D eigenvalue weighted by Crippen LogP contribution is -2.34. The molecule has 5 nitrogen and oxygen atoms in total. The highest BCUT2D eigenvalue weighted by atomic mass is 16.4. The number of carbonyl (C=O) groups excluding carboxylic acids is 1. The summed E-state index contributed by atoms with van der Waals surface area (Å²) in [7, 11) is 0. The van der Waals surface area contributed by atoms with Gasteiger partial charge in [-0.1, -0.05) is 0 Å². The SMILES string of the molecule is NC1CCC(C(=O)N2CCC(CC(=O)O)C2)C1. The predicted octanol–water partition coefficient (Wildman–Crippen LogP) is 0.437. The molecule has 2 fully saturated rings. The molecule has 1 heterocycles. The molecule has 1 saturated heterocycles. The van der Waals surface area contributed by atoms with Crippen LogP contribution in [0, 0.1) is 11.8 Å². The van der Waals surface area contributed by atoms with Crippen LogP contribution in [0.15, 0.2) is 0 Å². The molecule has 0 spiro atoms. The van der Waals surface area contributed by atoms with Gasteiger partial charge in [-0.2, -0.15) is 0 Å². The lowest BCUT2D eigenvalue weighted by molar-refractivity contribution is -0.139. The van der Waals surface area contributed by atoms with E-state index in [1.807, 2.05) is 4.90 Å². The molecule has 1 aliphatic carbocycles. The topological polar surface area (TPSA) is 83.6 Å². The highest BCUT2D eigenvalue weighted by molar-refractivity contribution is 5.79. The molecule has 1 amide bonds. The molecule has 0 radical (unpaired) electrons. The standard InChI is InChI=1S/C12H20N2O3/c13-10-2-1-9(6-10)12(17)14-4-3-8(7-14)5-11(15)16/h8-10H,1-7,13H2,(H,15,16). The van der Waals surface area contributed by atoms with Gasteiger partial charge >= 0.3 is 5.97 Å². The first-order valence-electron chi connectivity index (χ1n) is 6.32. The zero-order valence-electron chi connectivity index (χ0n) is 9.97. The minimum atomic E-state index is -0.771. The average molecular weight is 240 g/mol. The third-order valence-corrected chi connectivity index (χ3v) is 3.88. The molecule has 96 valence electrons. The number of nitrogens with zero attached hydrogens (tertiary/aromatic N) is 1. The highest BCUT2D eigenvalue weighted by Gasteiger charge is 2.34. The fraction of sp³-hybridized carbons (Fsp3) is 0.833. The third kappa shape index (κ3) is 2.97. The Morgan fingerprint density at radius 2 is 2.06 bits per heavy atom. The first kappa shape index (κ1) is 12.4. The molecule has 2 aliphatic rings. The molecule has 1 saturated carbocycles. The number of aliphatic carboxylic acids is 1. The maximum Gasteiger partial charge on any atom is 0.303 e. The van der Waals surface area contributed by atoms with Crippen LogP contribution in [0.3, 0.4) is 0 Å². The molecule has 3 unspecified atom stereocenters. The normalized spacial score (nSPS) is 33.0. The Bertz CT molecular complexity index is 319. The van der Waals surface area contributed by atoms with Crippen molar-refractivity contribution in [2.75, 3.05) is 13.1 Å². The molecular formula is C12H20N2O3. The van der Waals surface area contributed by atoms with Crippen molar-refractivity contribution in [1.82, 2.24) is 4.90 Å². The minimum absolute atomic E-state index is 0.0774. The smallest absolute Gasteiger partial charge is 0.303 e. The van der Waals surface area contributed by atoms with E-state index in [2.05, 4.69) is 0 Å². The van der Waals surface area contributed by atoms with Crippen molar-refractivity contribution in [3.63, 3.8) is 0 Å². The zero-order chi connectivity index (χ0) is 12.4. The second kappa shape index (κ2) is 5.04. The third-order valence-electron chi connectivity index (χ3n) is 3.88. The second-order valence-electron chi connectivity index (χ2n) is 5.31. The summed E-state index contributed by atoms with van der Waals surface area (Å²) in [5, 5.41) is 8.73. The van der Waals surface area contributed by atoms with E-state index < -0.39 is 5.97 Å². The molecule has 3 atom stereocenters. The van der Waals surface area contributed by atoms with Crippen molar-refractivity contribution in [3.8, 4) is 0 Å². The van der Waals surface area contributed by atoms with Crippen LogP contribution in [0.4, 0.5) is 0 Å². The molecule has 2 rings (SSSR count). The van der Waals surface area contributed by atoms with Crippen molar-refractivity contribution in [3.05, 3.63) is 0 Å². The number of amides is 1. The summed E-state index contributed by atoms with van der Waals surface area (Å²) < 4.78 is 0. The predicted molar refractivity (Wildman–Crippen MR) is 62.3 cm³/mol. The summed E-state index contributed by atoms with van der Waals surface area (Å²) in [5.74, 6) is -0.377. The fourth-order valence-corrected chi connectivity index (χ4v) is 2.95. The summed E-state index contributed by atoms with van der Waals surface area (Å²) in [6.07, 6.45) is 3.60. The number of hydrogen-bond donors (Lipinski definition) is 2. The Kier molecular flexibility index (Phi) is 3.66. The molecular weight excluding hydrogens is 220 g/mol. The van der Waals surface area contributed by atoms with Crippen LogP contribution < -0.4 is 5.73 Å². The van der Waals surface area contributed by atoms with Crippen LogP contribution in [0.5, 0.6) is 0 Å². The monoisotopic (exact) mass is 240 g/mol. The first-order chi connectivity index (χ1) is 8.06. The van der Waals surface area contributed by atoms with Gasteiger partial charge in [-0.15, -0.1) is 0 Å². The van der Waals surface area contributed by atoms with E-state index in [0.717, 1.165) is 25.7 Å². The largest absolute Gasteiger partial charge is 0.481 e. The van der Waals surface area contributed by atoms with Crippen LogP contribution >= 0.6 is 0 Å². The van der Waals surface area contributed by atoms with Crippen molar-refractivity contribution in [2.24, 2.45) is 17.6 Å². The number of carbonyl (C=O) groups is 2. The molecule has 0 bridgehead atoms. The van der Waals surface area contributed by atoms with Gasteiger partial charge in [0.1, 0.15) is 0 Å². The van der Waals surface area contributed by atoms with Gasteiger partial charge in [0.15, 0.2) is 0 Å². The van der Waals surface area contributed by atoms with E-state index in [0.29, 0.717) is 13.1 Å². The van der Waals surface area contributed by atoms with E-state index in [-0.39, 0.29) is 30.2 Å². The highest BCUT2D eigenvalue weighted by Crippen LogP contribution is 2.29. The number of likely N-dealkylation sites (tertiary alicyclic amines) is 1. The Hall–Kier alpha value is -1.10. The quantitative estimate of drug-likeness (QED) is 0.749. The van der Waals surface area contributed by atoms with E-state index >= 15 is 0 Å².